The van der Waals surface area contributed by atoms with Crippen molar-refractivity contribution < 1.29 is 23.0 Å². The molecule has 2 aliphatic rings. The minimum absolute atomic E-state index is 0. The van der Waals surface area contributed by atoms with Crippen LogP contribution in [0.15, 0.2) is 12.1 Å². The second-order valence-corrected chi connectivity index (χ2v) is 5.28. The molecule has 8 heteroatoms. The predicted octanol–water partition coefficient (Wildman–Crippen LogP) is 2.23. The first-order chi connectivity index (χ1) is 10.1. The summed E-state index contributed by atoms with van der Waals surface area (Å²) in [6.45, 7) is 2.52. The summed E-state index contributed by atoms with van der Waals surface area (Å²) in [5.41, 5.74) is 0.689. The molecule has 0 bridgehead atoms. The van der Waals surface area contributed by atoms with E-state index in [4.69, 9.17) is 9.47 Å². The Morgan fingerprint density at radius 2 is 2.09 bits per heavy atom. The van der Waals surface area contributed by atoms with Crippen molar-refractivity contribution >= 4 is 12.4 Å². The molecule has 0 saturated carbocycles. The van der Waals surface area contributed by atoms with Crippen LogP contribution in [0.25, 0.3) is 0 Å². The van der Waals surface area contributed by atoms with E-state index in [1.54, 1.807) is 6.07 Å². The fraction of sp³-hybridized carbons (Fsp3) is 0.571. The molecule has 22 heavy (non-hydrogen) atoms. The molecule has 1 N–H and O–H groups in total. The van der Waals surface area contributed by atoms with Crippen molar-refractivity contribution in [2.75, 3.05) is 26.4 Å². The predicted molar refractivity (Wildman–Crippen MR) is 79.2 cm³/mol. The fourth-order valence-electron chi connectivity index (χ4n) is 2.69. The number of halogens is 3. The van der Waals surface area contributed by atoms with Gasteiger partial charge in [0.1, 0.15) is 5.75 Å². The highest BCUT2D eigenvalue weighted by Gasteiger charge is 2.23. The maximum atomic E-state index is 12.6. The maximum absolute atomic E-state index is 12.6. The number of hydrogen-bond acceptors (Lipinski definition) is 5. The number of piperazine rings is 1. The van der Waals surface area contributed by atoms with Crippen LogP contribution in [0.5, 0.6) is 17.2 Å². The monoisotopic (exact) mass is 336 g/mol. The van der Waals surface area contributed by atoms with E-state index in [9.17, 15) is 8.78 Å². The van der Waals surface area contributed by atoms with Crippen molar-refractivity contribution in [1.29, 1.82) is 0 Å². The van der Waals surface area contributed by atoms with E-state index in [1.807, 2.05) is 0 Å². The molecule has 0 unspecified atom stereocenters. The van der Waals surface area contributed by atoms with Gasteiger partial charge in [-0.15, -0.1) is 12.4 Å². The first kappa shape index (κ1) is 17.1. The summed E-state index contributed by atoms with van der Waals surface area (Å²) >= 11 is 0. The lowest BCUT2D eigenvalue weighted by molar-refractivity contribution is -0.0509. The average molecular weight is 337 g/mol. The Balaban J connectivity index is 0.00000176. The van der Waals surface area contributed by atoms with Crippen molar-refractivity contribution in [3.05, 3.63) is 17.7 Å². The Morgan fingerprint density at radius 1 is 1.36 bits per heavy atom. The summed E-state index contributed by atoms with van der Waals surface area (Å²) in [5.74, 6) is 1.18. The topological polar surface area (TPSA) is 43.0 Å². The molecule has 1 atom stereocenters. The second kappa shape index (κ2) is 7.30. The summed E-state index contributed by atoms with van der Waals surface area (Å²) in [7, 11) is 0. The number of fused-ring (bicyclic) bond motifs is 1. The van der Waals surface area contributed by atoms with Crippen molar-refractivity contribution in [2.24, 2.45) is 0 Å². The van der Waals surface area contributed by atoms with Crippen LogP contribution in [0.4, 0.5) is 8.78 Å². The van der Waals surface area contributed by atoms with Crippen molar-refractivity contribution in [2.45, 2.75) is 26.1 Å². The zero-order chi connectivity index (χ0) is 14.8. The van der Waals surface area contributed by atoms with Crippen LogP contribution in [0, 0.1) is 0 Å². The normalized spacial score (nSPS) is 20.8. The van der Waals surface area contributed by atoms with Gasteiger partial charge in [-0.3, -0.25) is 4.90 Å². The van der Waals surface area contributed by atoms with Crippen molar-refractivity contribution in [3.8, 4) is 17.2 Å². The van der Waals surface area contributed by atoms with Crippen LogP contribution in [0.2, 0.25) is 0 Å². The summed E-state index contributed by atoms with van der Waals surface area (Å²) in [4.78, 5) is 2.21. The van der Waals surface area contributed by atoms with E-state index < -0.39 is 6.61 Å². The highest BCUT2D eigenvalue weighted by Crippen LogP contribution is 2.39. The lowest BCUT2D eigenvalue weighted by Gasteiger charge is -2.32. The lowest BCUT2D eigenvalue weighted by atomic mass is 10.1. The summed E-state index contributed by atoms with van der Waals surface area (Å²) in [5, 5.41) is 3.35. The first-order valence-corrected chi connectivity index (χ1v) is 6.95. The van der Waals surface area contributed by atoms with Gasteiger partial charge in [0.15, 0.2) is 11.5 Å². The minimum atomic E-state index is -2.86. The molecule has 0 aliphatic carbocycles. The zero-order valence-electron chi connectivity index (χ0n) is 12.2. The van der Waals surface area contributed by atoms with Gasteiger partial charge in [0.25, 0.3) is 0 Å². The molecular formula is C14H19ClF2N2O3. The number of benzene rings is 1. The Hall–Kier alpha value is -1.31. The molecule has 1 aromatic carbocycles. The number of nitrogens with one attached hydrogen (secondary N) is 1. The molecule has 0 spiro atoms. The molecule has 0 aromatic heterocycles. The largest absolute Gasteiger partial charge is 0.454 e. The fourth-order valence-corrected chi connectivity index (χ4v) is 2.69. The van der Waals surface area contributed by atoms with Gasteiger partial charge in [-0.2, -0.15) is 8.78 Å². The summed E-state index contributed by atoms with van der Waals surface area (Å²) in [6, 6.07) is 3.59. The molecule has 1 fully saturated rings. The number of alkyl halides is 2. The van der Waals surface area contributed by atoms with Gasteiger partial charge in [-0.05, 0) is 13.0 Å². The molecular weight excluding hydrogens is 318 g/mol. The summed E-state index contributed by atoms with van der Waals surface area (Å²) in [6.07, 6.45) is 0. The van der Waals surface area contributed by atoms with Gasteiger partial charge >= 0.3 is 6.61 Å². The molecule has 2 heterocycles. The number of nitrogens with zero attached hydrogens (tertiary/aromatic N) is 1. The van der Waals surface area contributed by atoms with Crippen molar-refractivity contribution in [1.82, 2.24) is 10.2 Å². The Kier molecular flexibility index (Phi) is 5.66. The molecule has 5 nitrogen and oxygen atoms in total. The molecule has 0 amide bonds. The van der Waals surface area contributed by atoms with Gasteiger partial charge in [0.2, 0.25) is 6.79 Å². The smallest absolute Gasteiger partial charge is 0.387 e. The van der Waals surface area contributed by atoms with Gasteiger partial charge in [-0.1, -0.05) is 0 Å². The van der Waals surface area contributed by atoms with E-state index >= 15 is 0 Å². The molecule has 1 saturated heterocycles. The Morgan fingerprint density at radius 3 is 2.77 bits per heavy atom. The van der Waals surface area contributed by atoms with Gasteiger partial charge < -0.3 is 19.5 Å². The van der Waals surface area contributed by atoms with E-state index in [1.165, 1.54) is 6.07 Å². The first-order valence-electron chi connectivity index (χ1n) is 6.95. The lowest BCUT2D eigenvalue weighted by Crippen LogP contribution is -2.48. The van der Waals surface area contributed by atoms with E-state index in [2.05, 4.69) is 21.9 Å². The highest BCUT2D eigenvalue weighted by molar-refractivity contribution is 5.85. The zero-order valence-corrected chi connectivity index (χ0v) is 13.0. The minimum Gasteiger partial charge on any atom is -0.454 e. The number of ether oxygens (including phenoxy) is 3. The Labute approximate surface area is 133 Å². The molecule has 2 aliphatic heterocycles. The summed E-state index contributed by atoms with van der Waals surface area (Å²) < 4.78 is 40.3. The second-order valence-electron chi connectivity index (χ2n) is 5.28. The third-order valence-electron chi connectivity index (χ3n) is 3.62. The van der Waals surface area contributed by atoms with Crippen LogP contribution in [0.3, 0.4) is 0 Å². The quantitative estimate of drug-likeness (QED) is 0.913. The maximum Gasteiger partial charge on any atom is 0.387 e. The van der Waals surface area contributed by atoms with E-state index in [0.29, 0.717) is 29.6 Å². The molecule has 1 aromatic rings. The standard InChI is InChI=1S/C14H18F2N2O3.ClH/c1-9-6-18(3-2-17-9)7-10-4-12-13(20-8-19-12)5-11(10)21-14(15)16;/h4-5,9,14,17H,2-3,6-8H2,1H3;1H/t9-;/m0./s1. The van der Waals surface area contributed by atoms with Gasteiger partial charge in [0, 0.05) is 43.9 Å². The van der Waals surface area contributed by atoms with Crippen LogP contribution in [0.1, 0.15) is 12.5 Å². The third kappa shape index (κ3) is 3.91. The molecule has 124 valence electrons. The van der Waals surface area contributed by atoms with Gasteiger partial charge in [-0.25, -0.2) is 0 Å². The van der Waals surface area contributed by atoms with E-state index in [0.717, 1.165) is 19.6 Å². The molecule has 3 rings (SSSR count). The number of hydrogen-bond donors (Lipinski definition) is 1. The third-order valence-corrected chi connectivity index (χ3v) is 3.62. The van der Waals surface area contributed by atoms with Crippen LogP contribution in [-0.2, 0) is 6.54 Å². The van der Waals surface area contributed by atoms with Crippen LogP contribution >= 0.6 is 12.4 Å². The number of rotatable bonds is 4. The molecule has 0 radical (unpaired) electrons. The van der Waals surface area contributed by atoms with Crippen molar-refractivity contribution in [3.63, 3.8) is 0 Å². The van der Waals surface area contributed by atoms with E-state index in [-0.39, 0.29) is 24.9 Å². The SMILES string of the molecule is C[C@H]1CN(Cc2cc3c(cc2OC(F)F)OCO3)CCN1.Cl. The Bertz CT molecular complexity index is 519. The average Bonchev–Trinajstić information content (AvgIpc) is 2.85. The van der Waals surface area contributed by atoms with Crippen LogP contribution < -0.4 is 19.5 Å². The highest BCUT2D eigenvalue weighted by atomic mass is 35.5. The van der Waals surface area contributed by atoms with Gasteiger partial charge in [0.05, 0.1) is 0 Å². The van der Waals surface area contributed by atoms with Crippen LogP contribution in [-0.4, -0.2) is 44.0 Å².